The standard InChI is InChI=1S/C18H23N3O4S/c1-6-7-8-13(22)20-14(10(2)3)17-19-12(9-26-17)16-21-15(11(4)25-16)18(23)24-5/h6,9-10,14H,1,7-8H2,2-5H3,(H,20,22)/t14-/m0/s1. The molecule has 0 spiro atoms. The first-order chi connectivity index (χ1) is 12.4. The minimum atomic E-state index is -0.553. The number of esters is 1. The van der Waals surface area contributed by atoms with Crippen molar-refractivity contribution in [3.8, 4) is 11.6 Å². The smallest absolute Gasteiger partial charge is 0.360 e. The minimum Gasteiger partial charge on any atom is -0.464 e. The van der Waals surface area contributed by atoms with Gasteiger partial charge >= 0.3 is 5.97 Å². The van der Waals surface area contributed by atoms with E-state index in [0.29, 0.717) is 24.3 Å². The predicted molar refractivity (Wildman–Crippen MR) is 98.8 cm³/mol. The normalized spacial score (nSPS) is 12.0. The minimum absolute atomic E-state index is 0.0414. The molecule has 0 unspecified atom stereocenters. The fraction of sp³-hybridized carbons (Fsp3) is 0.444. The van der Waals surface area contributed by atoms with Crippen molar-refractivity contribution >= 4 is 23.2 Å². The van der Waals surface area contributed by atoms with Crippen LogP contribution < -0.4 is 5.32 Å². The Kier molecular flexibility index (Phi) is 6.68. The average Bonchev–Trinajstić information content (AvgIpc) is 3.23. The maximum absolute atomic E-state index is 12.1. The average molecular weight is 377 g/mol. The Labute approximate surface area is 156 Å². The van der Waals surface area contributed by atoms with E-state index in [0.717, 1.165) is 5.01 Å². The number of nitrogens with zero attached hydrogens (tertiary/aromatic N) is 2. The number of thiazole rings is 1. The first-order valence-electron chi connectivity index (χ1n) is 8.29. The highest BCUT2D eigenvalue weighted by molar-refractivity contribution is 7.10. The van der Waals surface area contributed by atoms with Gasteiger partial charge in [0.2, 0.25) is 11.8 Å². The number of methoxy groups -OCH3 is 1. The van der Waals surface area contributed by atoms with Gasteiger partial charge in [-0.15, -0.1) is 17.9 Å². The Morgan fingerprint density at radius 3 is 2.77 bits per heavy atom. The van der Waals surface area contributed by atoms with Crippen molar-refractivity contribution in [2.75, 3.05) is 7.11 Å². The monoisotopic (exact) mass is 377 g/mol. The summed E-state index contributed by atoms with van der Waals surface area (Å²) in [7, 11) is 1.29. The van der Waals surface area contributed by atoms with Crippen LogP contribution in [0.3, 0.4) is 0 Å². The summed E-state index contributed by atoms with van der Waals surface area (Å²) in [5, 5.41) is 5.57. The van der Waals surface area contributed by atoms with E-state index in [1.807, 2.05) is 13.8 Å². The molecule has 2 aromatic rings. The summed E-state index contributed by atoms with van der Waals surface area (Å²) in [4.78, 5) is 32.5. The highest BCUT2D eigenvalue weighted by Gasteiger charge is 2.24. The highest BCUT2D eigenvalue weighted by Crippen LogP contribution is 2.30. The molecule has 1 amide bonds. The zero-order chi connectivity index (χ0) is 19.3. The van der Waals surface area contributed by atoms with E-state index in [9.17, 15) is 9.59 Å². The maximum atomic E-state index is 12.1. The predicted octanol–water partition coefficient (Wildman–Crippen LogP) is 3.67. The molecule has 1 N–H and O–H groups in total. The van der Waals surface area contributed by atoms with Gasteiger partial charge in [-0.05, 0) is 19.3 Å². The maximum Gasteiger partial charge on any atom is 0.360 e. The molecule has 0 saturated carbocycles. The molecule has 2 rings (SSSR count). The summed E-state index contributed by atoms with van der Waals surface area (Å²) in [6, 6.07) is -0.206. The molecule has 0 aliphatic heterocycles. The molecule has 0 saturated heterocycles. The Hall–Kier alpha value is -2.48. The largest absolute Gasteiger partial charge is 0.464 e. The van der Waals surface area contributed by atoms with E-state index in [1.54, 1.807) is 18.4 Å². The molecule has 2 aromatic heterocycles. The second-order valence-electron chi connectivity index (χ2n) is 6.10. The van der Waals surface area contributed by atoms with Crippen molar-refractivity contribution in [2.24, 2.45) is 5.92 Å². The van der Waals surface area contributed by atoms with E-state index in [4.69, 9.17) is 4.42 Å². The van der Waals surface area contributed by atoms with Crippen LogP contribution in [0.4, 0.5) is 0 Å². The molecule has 0 aliphatic rings. The van der Waals surface area contributed by atoms with Crippen LogP contribution in [0.2, 0.25) is 0 Å². The van der Waals surface area contributed by atoms with Crippen LogP contribution in [0.25, 0.3) is 11.6 Å². The fourth-order valence-corrected chi connectivity index (χ4v) is 3.33. The third kappa shape index (κ3) is 4.57. The molecule has 0 bridgehead atoms. The lowest BCUT2D eigenvalue weighted by atomic mass is 10.0. The van der Waals surface area contributed by atoms with Crippen molar-refractivity contribution in [3.63, 3.8) is 0 Å². The summed E-state index contributed by atoms with van der Waals surface area (Å²) >= 11 is 1.41. The van der Waals surface area contributed by atoms with Crippen LogP contribution in [0.5, 0.6) is 0 Å². The second kappa shape index (κ2) is 8.75. The lowest BCUT2D eigenvalue weighted by Gasteiger charge is -2.20. The second-order valence-corrected chi connectivity index (χ2v) is 6.99. The van der Waals surface area contributed by atoms with Crippen LogP contribution in [-0.4, -0.2) is 29.0 Å². The summed E-state index contributed by atoms with van der Waals surface area (Å²) in [5.41, 5.74) is 0.657. The molecule has 26 heavy (non-hydrogen) atoms. The third-order valence-corrected chi connectivity index (χ3v) is 4.67. The van der Waals surface area contributed by atoms with Crippen molar-refractivity contribution in [3.05, 3.63) is 34.5 Å². The van der Waals surface area contributed by atoms with Gasteiger partial charge in [0.05, 0.1) is 13.2 Å². The number of allylic oxidation sites excluding steroid dienone is 1. The lowest BCUT2D eigenvalue weighted by Crippen LogP contribution is -2.31. The van der Waals surface area contributed by atoms with Crippen LogP contribution in [-0.2, 0) is 9.53 Å². The molecule has 0 aromatic carbocycles. The van der Waals surface area contributed by atoms with E-state index in [2.05, 4.69) is 26.6 Å². The Morgan fingerprint density at radius 2 is 2.15 bits per heavy atom. The van der Waals surface area contributed by atoms with Crippen molar-refractivity contribution in [2.45, 2.75) is 39.7 Å². The quantitative estimate of drug-likeness (QED) is 0.557. The summed E-state index contributed by atoms with van der Waals surface area (Å²) in [6.45, 7) is 9.31. The first kappa shape index (κ1) is 19.8. The number of ether oxygens (including phenoxy) is 1. The van der Waals surface area contributed by atoms with Gasteiger partial charge in [-0.25, -0.2) is 14.8 Å². The zero-order valence-corrected chi connectivity index (χ0v) is 16.2. The molecule has 0 radical (unpaired) electrons. The van der Waals surface area contributed by atoms with Gasteiger partial charge in [0.25, 0.3) is 0 Å². The van der Waals surface area contributed by atoms with E-state index >= 15 is 0 Å². The fourth-order valence-electron chi connectivity index (χ4n) is 2.31. The number of amides is 1. The number of aryl methyl sites for hydroxylation is 1. The Balaban J connectivity index is 2.22. The number of oxazole rings is 1. The number of nitrogens with one attached hydrogen (secondary N) is 1. The SMILES string of the molecule is C=CCCC(=O)N[C@H](c1nc(-c2nc(C(=O)OC)c(C)o2)cs1)C(C)C. The van der Waals surface area contributed by atoms with Gasteiger partial charge in [-0.1, -0.05) is 19.9 Å². The van der Waals surface area contributed by atoms with Gasteiger partial charge < -0.3 is 14.5 Å². The molecule has 1 atom stereocenters. The molecule has 0 fully saturated rings. The number of aromatic nitrogens is 2. The molecule has 0 aliphatic carbocycles. The van der Waals surface area contributed by atoms with Crippen LogP contribution in [0, 0.1) is 12.8 Å². The summed E-state index contributed by atoms with van der Waals surface area (Å²) < 4.78 is 10.2. The lowest BCUT2D eigenvalue weighted by molar-refractivity contribution is -0.122. The molecule has 8 heteroatoms. The molecule has 140 valence electrons. The summed E-state index contributed by atoms with van der Waals surface area (Å²) in [6.07, 6.45) is 2.74. The number of hydrogen-bond donors (Lipinski definition) is 1. The highest BCUT2D eigenvalue weighted by atomic mass is 32.1. The van der Waals surface area contributed by atoms with Crippen LogP contribution >= 0.6 is 11.3 Å². The van der Waals surface area contributed by atoms with Crippen molar-refractivity contribution < 1.29 is 18.7 Å². The van der Waals surface area contributed by atoms with Crippen LogP contribution in [0.1, 0.15) is 54.0 Å². The number of carbonyl (C=O) groups is 2. The number of rotatable bonds is 8. The van der Waals surface area contributed by atoms with Crippen molar-refractivity contribution in [1.29, 1.82) is 0 Å². The Morgan fingerprint density at radius 1 is 1.42 bits per heavy atom. The Bertz CT molecular complexity index is 794. The first-order valence-corrected chi connectivity index (χ1v) is 9.17. The van der Waals surface area contributed by atoms with Gasteiger partial charge in [-0.3, -0.25) is 4.79 Å². The van der Waals surface area contributed by atoms with E-state index < -0.39 is 5.97 Å². The third-order valence-electron chi connectivity index (χ3n) is 3.74. The van der Waals surface area contributed by atoms with Gasteiger partial charge in [-0.2, -0.15) is 0 Å². The van der Waals surface area contributed by atoms with E-state index in [-0.39, 0.29) is 29.5 Å². The summed E-state index contributed by atoms with van der Waals surface area (Å²) in [5.74, 6) is 0.201. The van der Waals surface area contributed by atoms with Gasteiger partial charge in [0, 0.05) is 11.8 Å². The zero-order valence-electron chi connectivity index (χ0n) is 15.4. The number of carbonyl (C=O) groups excluding carboxylic acids is 2. The topological polar surface area (TPSA) is 94.3 Å². The van der Waals surface area contributed by atoms with Crippen molar-refractivity contribution in [1.82, 2.24) is 15.3 Å². The van der Waals surface area contributed by atoms with E-state index in [1.165, 1.54) is 18.4 Å². The van der Waals surface area contributed by atoms with Gasteiger partial charge in [0.15, 0.2) is 5.69 Å². The molecule has 7 nitrogen and oxygen atoms in total. The molecular weight excluding hydrogens is 354 g/mol. The molecule has 2 heterocycles. The van der Waals surface area contributed by atoms with Crippen LogP contribution in [0.15, 0.2) is 22.5 Å². The molecular formula is C18H23N3O4S. The van der Waals surface area contributed by atoms with Gasteiger partial charge in [0.1, 0.15) is 16.5 Å². The number of hydrogen-bond acceptors (Lipinski definition) is 7.